The molecular weight excluding hydrogens is 494 g/mol. The zero-order valence-electron chi connectivity index (χ0n) is 21.2. The lowest BCUT2D eigenvalue weighted by molar-refractivity contribution is 0.0240. The van der Waals surface area contributed by atoms with E-state index in [1.165, 1.54) is 0 Å². The van der Waals surface area contributed by atoms with Gasteiger partial charge in [0.05, 0.1) is 28.2 Å². The molecule has 0 unspecified atom stereocenters. The second kappa shape index (κ2) is 9.51. The number of carbonyl (C=O) groups is 2. The van der Waals surface area contributed by atoms with Gasteiger partial charge in [-0.3, -0.25) is 4.79 Å². The molecule has 2 amide bonds. The van der Waals surface area contributed by atoms with Gasteiger partial charge in [0.25, 0.3) is 5.91 Å². The molecule has 0 bridgehead atoms. The van der Waals surface area contributed by atoms with Crippen LogP contribution in [0.1, 0.15) is 36.8 Å². The average molecular weight is 522 g/mol. The Morgan fingerprint density at radius 3 is 2.57 bits per heavy atom. The van der Waals surface area contributed by atoms with Crippen molar-refractivity contribution in [3.63, 3.8) is 0 Å². The maximum Gasteiger partial charge on any atom is 0.410 e. The van der Waals surface area contributed by atoms with Crippen molar-refractivity contribution in [2.24, 2.45) is 0 Å². The number of aromatic nitrogens is 4. The molecule has 11 heteroatoms. The summed E-state index contributed by atoms with van der Waals surface area (Å²) in [6, 6.07) is 7.19. The molecule has 4 aromatic rings. The van der Waals surface area contributed by atoms with E-state index < -0.39 is 5.60 Å². The van der Waals surface area contributed by atoms with E-state index >= 15 is 0 Å². The van der Waals surface area contributed by atoms with Crippen molar-refractivity contribution in [2.75, 3.05) is 36.4 Å². The maximum atomic E-state index is 13.3. The van der Waals surface area contributed by atoms with Crippen molar-refractivity contribution >= 4 is 51.5 Å². The highest BCUT2D eigenvalue weighted by Gasteiger charge is 2.27. The number of aryl methyl sites for hydroxylation is 1. The van der Waals surface area contributed by atoms with E-state index in [2.05, 4.69) is 25.4 Å². The summed E-state index contributed by atoms with van der Waals surface area (Å²) in [5, 5.41) is 12.5. The summed E-state index contributed by atoms with van der Waals surface area (Å²) in [5.41, 5.74) is 3.30. The number of imidazole rings is 1. The summed E-state index contributed by atoms with van der Waals surface area (Å²) >= 11 is 6.37. The molecule has 10 nitrogen and oxygen atoms in total. The topological polar surface area (TPSA) is 105 Å². The van der Waals surface area contributed by atoms with Gasteiger partial charge in [-0.25, -0.2) is 9.78 Å². The van der Waals surface area contributed by atoms with Crippen LogP contribution in [0.3, 0.4) is 0 Å². The van der Waals surface area contributed by atoms with Crippen LogP contribution in [0.5, 0.6) is 0 Å². The molecule has 1 aliphatic rings. The third-order valence-electron chi connectivity index (χ3n) is 6.06. The Morgan fingerprint density at radius 1 is 1.08 bits per heavy atom. The molecule has 1 fully saturated rings. The monoisotopic (exact) mass is 521 g/mol. The Kier molecular flexibility index (Phi) is 6.36. The lowest BCUT2D eigenvalue weighted by Crippen LogP contribution is -2.50. The summed E-state index contributed by atoms with van der Waals surface area (Å²) in [5.74, 6) is -0.320. The van der Waals surface area contributed by atoms with Gasteiger partial charge in [0.1, 0.15) is 11.1 Å². The number of nitrogens with zero attached hydrogens (tertiary/aromatic N) is 6. The standard InChI is InChI=1S/C26H28ClN7O3/c1-16-14-34-15-17(13-20(27)23(34)29-16)30-24(35)19-5-6-21(18-7-8-28-31-22(18)19)32-9-11-33(12-10-32)25(36)37-26(2,3)4/h5-8,13-15H,9-12H2,1-4H3,(H,30,35). The Labute approximate surface area is 219 Å². The van der Waals surface area contributed by atoms with Crippen LogP contribution in [0.15, 0.2) is 42.9 Å². The molecule has 1 aliphatic heterocycles. The highest BCUT2D eigenvalue weighted by molar-refractivity contribution is 6.33. The predicted octanol–water partition coefficient (Wildman–Crippen LogP) is 4.55. The molecule has 37 heavy (non-hydrogen) atoms. The van der Waals surface area contributed by atoms with Gasteiger partial charge >= 0.3 is 6.09 Å². The fourth-order valence-corrected chi connectivity index (χ4v) is 4.69. The number of pyridine rings is 1. The van der Waals surface area contributed by atoms with Crippen molar-refractivity contribution < 1.29 is 14.3 Å². The molecule has 1 saturated heterocycles. The van der Waals surface area contributed by atoms with E-state index in [9.17, 15) is 9.59 Å². The lowest BCUT2D eigenvalue weighted by atomic mass is 10.1. The fourth-order valence-electron chi connectivity index (χ4n) is 4.43. The van der Waals surface area contributed by atoms with Crippen molar-refractivity contribution in [3.8, 4) is 0 Å². The summed E-state index contributed by atoms with van der Waals surface area (Å²) in [6.07, 6.45) is 4.92. The van der Waals surface area contributed by atoms with Gasteiger partial charge in [-0.15, -0.1) is 5.10 Å². The third-order valence-corrected chi connectivity index (χ3v) is 6.34. The largest absolute Gasteiger partial charge is 0.444 e. The minimum atomic E-state index is -0.533. The second-order valence-corrected chi connectivity index (χ2v) is 10.4. The SMILES string of the molecule is Cc1cn2cc(NC(=O)c3ccc(N4CCN(C(=O)OC(C)(C)C)CC4)c4ccnnc34)cc(Cl)c2n1. The average Bonchev–Trinajstić information content (AvgIpc) is 3.23. The molecule has 0 radical (unpaired) electrons. The molecule has 1 aromatic carbocycles. The quantitative estimate of drug-likeness (QED) is 0.421. The number of piperazine rings is 1. The van der Waals surface area contributed by atoms with Gasteiger partial charge < -0.3 is 24.3 Å². The number of hydrogen-bond acceptors (Lipinski definition) is 7. The van der Waals surface area contributed by atoms with Crippen LogP contribution < -0.4 is 10.2 Å². The molecule has 0 saturated carbocycles. The zero-order chi connectivity index (χ0) is 26.3. The van der Waals surface area contributed by atoms with Crippen LogP contribution >= 0.6 is 11.6 Å². The number of halogens is 1. The van der Waals surface area contributed by atoms with E-state index in [-0.39, 0.29) is 12.0 Å². The van der Waals surface area contributed by atoms with Crippen molar-refractivity contribution in [2.45, 2.75) is 33.3 Å². The molecule has 0 spiro atoms. The summed E-state index contributed by atoms with van der Waals surface area (Å²) < 4.78 is 7.29. The Bertz CT molecular complexity index is 1500. The molecular formula is C26H28ClN7O3. The van der Waals surface area contributed by atoms with Crippen LogP contribution in [0, 0.1) is 6.92 Å². The van der Waals surface area contributed by atoms with E-state index in [0.29, 0.717) is 53.6 Å². The van der Waals surface area contributed by atoms with Crippen LogP contribution in [0.4, 0.5) is 16.2 Å². The number of benzene rings is 1. The number of fused-ring (bicyclic) bond motifs is 2. The number of nitrogens with one attached hydrogen (secondary N) is 1. The zero-order valence-corrected chi connectivity index (χ0v) is 21.9. The Balaban J connectivity index is 1.37. The molecule has 3 aromatic heterocycles. The number of rotatable bonds is 3. The van der Waals surface area contributed by atoms with Crippen LogP contribution in [0.25, 0.3) is 16.6 Å². The van der Waals surface area contributed by atoms with Crippen LogP contribution in [0.2, 0.25) is 5.02 Å². The minimum absolute atomic E-state index is 0.306. The molecule has 5 rings (SSSR count). The minimum Gasteiger partial charge on any atom is -0.444 e. The first-order chi connectivity index (χ1) is 17.6. The Hall–Kier alpha value is -3.92. The lowest BCUT2D eigenvalue weighted by Gasteiger charge is -2.37. The number of hydrogen-bond donors (Lipinski definition) is 1. The molecule has 0 atom stereocenters. The first-order valence-corrected chi connectivity index (χ1v) is 12.4. The van der Waals surface area contributed by atoms with Crippen molar-refractivity contribution in [1.29, 1.82) is 0 Å². The van der Waals surface area contributed by atoms with Gasteiger partial charge in [-0.2, -0.15) is 5.10 Å². The number of anilines is 2. The third kappa shape index (κ3) is 5.15. The van der Waals surface area contributed by atoms with Crippen LogP contribution in [-0.4, -0.2) is 68.3 Å². The highest BCUT2D eigenvalue weighted by atomic mass is 35.5. The van der Waals surface area contributed by atoms with E-state index in [1.807, 2.05) is 46.0 Å². The number of ether oxygens (including phenoxy) is 1. The number of amides is 2. The molecule has 0 aliphatic carbocycles. The highest BCUT2D eigenvalue weighted by Crippen LogP contribution is 2.30. The van der Waals surface area contributed by atoms with Crippen LogP contribution in [-0.2, 0) is 4.74 Å². The van der Waals surface area contributed by atoms with E-state index in [1.54, 1.807) is 33.8 Å². The molecule has 1 N–H and O–H groups in total. The van der Waals surface area contributed by atoms with Gasteiger partial charge in [0.2, 0.25) is 0 Å². The van der Waals surface area contributed by atoms with Crippen molar-refractivity contribution in [3.05, 3.63) is 59.1 Å². The summed E-state index contributed by atoms with van der Waals surface area (Å²) in [6.45, 7) is 9.79. The van der Waals surface area contributed by atoms with E-state index in [0.717, 1.165) is 16.8 Å². The fraction of sp³-hybridized carbons (Fsp3) is 0.346. The summed E-state index contributed by atoms with van der Waals surface area (Å²) in [7, 11) is 0. The predicted molar refractivity (Wildman–Crippen MR) is 142 cm³/mol. The maximum absolute atomic E-state index is 13.3. The van der Waals surface area contributed by atoms with Crippen molar-refractivity contribution in [1.82, 2.24) is 24.5 Å². The Morgan fingerprint density at radius 2 is 1.84 bits per heavy atom. The van der Waals surface area contributed by atoms with Gasteiger partial charge in [0, 0.05) is 49.6 Å². The van der Waals surface area contributed by atoms with Gasteiger partial charge in [-0.05, 0) is 52.0 Å². The first-order valence-electron chi connectivity index (χ1n) is 12.0. The normalized spacial score (nSPS) is 14.3. The molecule has 192 valence electrons. The molecule has 4 heterocycles. The summed E-state index contributed by atoms with van der Waals surface area (Å²) in [4.78, 5) is 34.0. The van der Waals surface area contributed by atoms with E-state index in [4.69, 9.17) is 16.3 Å². The van der Waals surface area contributed by atoms with Gasteiger partial charge in [0.15, 0.2) is 5.65 Å². The number of carbonyl (C=O) groups excluding carboxylic acids is 2. The second-order valence-electron chi connectivity index (χ2n) is 10.0. The van der Waals surface area contributed by atoms with Gasteiger partial charge in [-0.1, -0.05) is 11.6 Å². The first kappa shape index (κ1) is 24.8. The smallest absolute Gasteiger partial charge is 0.410 e.